The van der Waals surface area contributed by atoms with Gasteiger partial charge < -0.3 is 4.80 Å². The Balaban J connectivity index is 2.13. The van der Waals surface area contributed by atoms with Crippen molar-refractivity contribution in [2.24, 2.45) is 0 Å². The molecule has 140 valence electrons. The van der Waals surface area contributed by atoms with Gasteiger partial charge in [-0.2, -0.15) is 0 Å². The fourth-order valence-corrected chi connectivity index (χ4v) is 6.53. The van der Waals surface area contributed by atoms with Gasteiger partial charge in [-0.3, -0.25) is 0 Å². The second-order valence-electron chi connectivity index (χ2n) is 6.95. The lowest BCUT2D eigenvalue weighted by atomic mass is 10.1. The molecular formula is C26H26OSi. The lowest BCUT2D eigenvalue weighted by Crippen LogP contribution is -2.68. The van der Waals surface area contributed by atoms with Gasteiger partial charge in [-0.1, -0.05) is 111 Å². The molecule has 0 amide bonds. The van der Waals surface area contributed by atoms with Crippen molar-refractivity contribution in [3.05, 3.63) is 103 Å². The van der Waals surface area contributed by atoms with E-state index < -0.39 is 8.32 Å². The van der Waals surface area contributed by atoms with Crippen molar-refractivity contribution in [3.63, 3.8) is 0 Å². The Bertz CT molecular complexity index is 941. The van der Waals surface area contributed by atoms with Crippen LogP contribution in [0.5, 0.6) is 0 Å². The summed E-state index contributed by atoms with van der Waals surface area (Å²) in [6.07, 6.45) is 3.15. The molecule has 0 aromatic heterocycles. The molecule has 0 saturated heterocycles. The molecule has 0 saturated carbocycles. The summed E-state index contributed by atoms with van der Waals surface area (Å²) >= 11 is 0. The van der Waals surface area contributed by atoms with Crippen molar-refractivity contribution >= 4 is 23.9 Å². The van der Waals surface area contributed by atoms with Crippen LogP contribution in [0, 0.1) is 11.8 Å². The van der Waals surface area contributed by atoms with E-state index in [0.29, 0.717) is 0 Å². The van der Waals surface area contributed by atoms with Gasteiger partial charge in [0, 0.05) is 5.56 Å². The lowest BCUT2D eigenvalue weighted by Gasteiger charge is -2.28. The van der Waals surface area contributed by atoms with Crippen molar-refractivity contribution in [1.82, 2.24) is 0 Å². The van der Waals surface area contributed by atoms with Gasteiger partial charge in [0.1, 0.15) is 0 Å². The number of allylic oxidation sites excluding steroid dienone is 1. The van der Waals surface area contributed by atoms with Gasteiger partial charge >= 0.3 is 0 Å². The van der Waals surface area contributed by atoms with Crippen LogP contribution in [0.4, 0.5) is 0 Å². The first kappa shape index (κ1) is 19.9. The summed E-state index contributed by atoms with van der Waals surface area (Å²) in [5.41, 5.74) is 1.82. The van der Waals surface area contributed by atoms with Crippen LogP contribution in [-0.2, 0) is 0 Å². The van der Waals surface area contributed by atoms with E-state index >= 15 is 0 Å². The third kappa shape index (κ3) is 4.34. The normalized spacial score (nSPS) is 10.8. The number of benzene rings is 3. The van der Waals surface area contributed by atoms with Gasteiger partial charge in [0.05, 0.1) is 0 Å². The Kier molecular flexibility index (Phi) is 6.65. The maximum Gasteiger partial charge on any atom is 0.286 e. The number of hydrogen-bond donors (Lipinski definition) is 1. The Morgan fingerprint density at radius 2 is 1.39 bits per heavy atom. The van der Waals surface area contributed by atoms with Crippen LogP contribution in [0.3, 0.4) is 0 Å². The molecule has 0 aliphatic carbocycles. The molecule has 3 rings (SSSR count). The summed E-state index contributed by atoms with van der Waals surface area (Å²) in [6.45, 7) is 6.26. The summed E-state index contributed by atoms with van der Waals surface area (Å²) in [5, 5.41) is 2.84. The van der Waals surface area contributed by atoms with Crippen LogP contribution in [0.1, 0.15) is 31.7 Å². The Morgan fingerprint density at radius 3 is 1.96 bits per heavy atom. The molecule has 0 atom stereocenters. The van der Waals surface area contributed by atoms with Crippen molar-refractivity contribution in [2.45, 2.75) is 26.2 Å². The number of hydrogen-bond acceptors (Lipinski definition) is 1. The zero-order chi connectivity index (χ0) is 19.8. The number of unbranched alkanes of at least 4 members (excludes halogenated alkanes) is 1. The second-order valence-corrected chi connectivity index (χ2v) is 10.1. The Hall–Kier alpha value is -2.86. The molecule has 3 aromatic carbocycles. The van der Waals surface area contributed by atoms with E-state index in [1.54, 1.807) is 0 Å². The molecule has 1 N–H and O–H groups in total. The predicted molar refractivity (Wildman–Crippen MR) is 122 cm³/mol. The average Bonchev–Trinajstić information content (AvgIpc) is 2.77. The van der Waals surface area contributed by atoms with Gasteiger partial charge in [-0.15, -0.1) is 0 Å². The average molecular weight is 383 g/mol. The first-order valence-electron chi connectivity index (χ1n) is 9.79. The quantitative estimate of drug-likeness (QED) is 0.391. The molecular weight excluding hydrogens is 356 g/mol. The summed E-state index contributed by atoms with van der Waals surface area (Å²) in [4.78, 5) is 12.2. The molecule has 0 heterocycles. The van der Waals surface area contributed by atoms with Crippen LogP contribution in [0.25, 0.3) is 0 Å². The molecule has 0 aliphatic rings. The molecule has 28 heavy (non-hydrogen) atoms. The van der Waals surface area contributed by atoms with E-state index in [-0.39, 0.29) is 0 Å². The standard InChI is InChI=1S/C26H26OSi/c1-3-4-13-22(2)20-21-23-14-11-12-19-26(23)28(27,24-15-7-5-8-16-24)25-17-9-6-10-18-25/h5-12,14-19,27H,2-4,13H2,1H3. The minimum atomic E-state index is -3.15. The minimum absolute atomic E-state index is 0.877. The van der Waals surface area contributed by atoms with Gasteiger partial charge in [-0.05, 0) is 40.0 Å². The summed E-state index contributed by atoms with van der Waals surface area (Å²) < 4.78 is 0. The van der Waals surface area contributed by atoms with E-state index in [4.69, 9.17) is 0 Å². The Morgan fingerprint density at radius 1 is 0.857 bits per heavy atom. The van der Waals surface area contributed by atoms with E-state index in [0.717, 1.165) is 46.0 Å². The highest BCUT2D eigenvalue weighted by Crippen LogP contribution is 2.09. The maximum atomic E-state index is 12.2. The summed E-state index contributed by atoms with van der Waals surface area (Å²) in [6, 6.07) is 27.9. The van der Waals surface area contributed by atoms with E-state index in [9.17, 15) is 4.80 Å². The van der Waals surface area contributed by atoms with E-state index in [1.807, 2.05) is 84.9 Å². The van der Waals surface area contributed by atoms with Gasteiger partial charge in [0.25, 0.3) is 8.32 Å². The monoisotopic (exact) mass is 382 g/mol. The first-order valence-corrected chi connectivity index (χ1v) is 11.7. The van der Waals surface area contributed by atoms with Crippen molar-refractivity contribution in [2.75, 3.05) is 0 Å². The molecule has 0 unspecified atom stereocenters. The molecule has 0 radical (unpaired) electrons. The second kappa shape index (κ2) is 9.37. The third-order valence-corrected chi connectivity index (χ3v) is 8.46. The van der Waals surface area contributed by atoms with Crippen molar-refractivity contribution in [3.8, 4) is 11.8 Å². The molecule has 0 fully saturated rings. The third-order valence-electron chi connectivity index (χ3n) is 4.91. The van der Waals surface area contributed by atoms with E-state index in [1.165, 1.54) is 0 Å². The zero-order valence-corrected chi connectivity index (χ0v) is 17.4. The molecule has 0 spiro atoms. The van der Waals surface area contributed by atoms with Crippen molar-refractivity contribution in [1.29, 1.82) is 0 Å². The molecule has 3 aromatic rings. The maximum absolute atomic E-state index is 12.2. The highest BCUT2D eigenvalue weighted by atomic mass is 28.4. The topological polar surface area (TPSA) is 20.2 Å². The van der Waals surface area contributed by atoms with Crippen molar-refractivity contribution < 1.29 is 4.80 Å². The SMILES string of the molecule is C=C(C#Cc1ccccc1[Si](O)(c1ccccc1)c1ccccc1)CCCC. The van der Waals surface area contributed by atoms with Crippen LogP contribution in [0.15, 0.2) is 97.1 Å². The minimum Gasteiger partial charge on any atom is -0.421 e. The van der Waals surface area contributed by atoms with Crippen LogP contribution < -0.4 is 15.6 Å². The molecule has 1 nitrogen and oxygen atoms in total. The highest BCUT2D eigenvalue weighted by Gasteiger charge is 2.39. The Labute approximate surface area is 169 Å². The number of rotatable bonds is 6. The van der Waals surface area contributed by atoms with Crippen LogP contribution >= 0.6 is 0 Å². The zero-order valence-electron chi connectivity index (χ0n) is 16.4. The lowest BCUT2D eigenvalue weighted by molar-refractivity contribution is 0.583. The highest BCUT2D eigenvalue weighted by molar-refractivity contribution is 7.06. The largest absolute Gasteiger partial charge is 0.421 e. The summed E-state index contributed by atoms with van der Waals surface area (Å²) in [7, 11) is -3.15. The fourth-order valence-electron chi connectivity index (χ4n) is 3.35. The van der Waals surface area contributed by atoms with Gasteiger partial charge in [0.2, 0.25) is 0 Å². The van der Waals surface area contributed by atoms with Crippen LogP contribution in [-0.4, -0.2) is 13.1 Å². The van der Waals surface area contributed by atoms with E-state index in [2.05, 4.69) is 25.3 Å². The first-order chi connectivity index (χ1) is 13.7. The van der Waals surface area contributed by atoms with Gasteiger partial charge in [0.15, 0.2) is 0 Å². The molecule has 0 bridgehead atoms. The summed E-state index contributed by atoms with van der Waals surface area (Å²) in [5.74, 6) is 6.51. The van der Waals surface area contributed by atoms with Crippen LogP contribution in [0.2, 0.25) is 0 Å². The fraction of sp³-hybridized carbons (Fsp3) is 0.154. The molecule has 0 aliphatic heterocycles. The van der Waals surface area contributed by atoms with Gasteiger partial charge in [-0.25, -0.2) is 0 Å². The predicted octanol–water partition coefficient (Wildman–Crippen LogP) is 3.74. The smallest absolute Gasteiger partial charge is 0.286 e. The molecule has 2 heteroatoms.